The van der Waals surface area contributed by atoms with Gasteiger partial charge in [-0.1, -0.05) is 0 Å². The molecule has 0 unspecified atom stereocenters. The number of thiophene rings is 1. The van der Waals surface area contributed by atoms with E-state index in [0.29, 0.717) is 17.6 Å². The van der Waals surface area contributed by atoms with Crippen LogP contribution in [0.4, 0.5) is 5.00 Å². The minimum atomic E-state index is 0. The number of guanidine groups is 1. The first kappa shape index (κ1) is 21.6. The van der Waals surface area contributed by atoms with E-state index in [1.807, 2.05) is 23.5 Å². The van der Waals surface area contributed by atoms with Gasteiger partial charge in [-0.25, -0.2) is 4.98 Å². The summed E-state index contributed by atoms with van der Waals surface area (Å²) in [7, 11) is 1.81. The third kappa shape index (κ3) is 5.72. The lowest BCUT2D eigenvalue weighted by molar-refractivity contribution is 0.463. The molecule has 0 bridgehead atoms. The molecule has 3 aromatic heterocycles. The third-order valence-corrected chi connectivity index (χ3v) is 5.73. The van der Waals surface area contributed by atoms with Crippen LogP contribution in [0.3, 0.4) is 0 Å². The van der Waals surface area contributed by atoms with E-state index in [4.69, 9.17) is 4.42 Å². The average Bonchev–Trinajstić information content (AvgIpc) is 3.50. The van der Waals surface area contributed by atoms with Crippen molar-refractivity contribution in [2.75, 3.05) is 31.6 Å². The van der Waals surface area contributed by atoms with Crippen molar-refractivity contribution in [1.29, 1.82) is 0 Å². The van der Waals surface area contributed by atoms with Gasteiger partial charge in [-0.2, -0.15) is 5.10 Å². The molecule has 0 aliphatic carbocycles. The Kier molecular flexibility index (Phi) is 7.92. The van der Waals surface area contributed by atoms with Gasteiger partial charge in [0.1, 0.15) is 5.82 Å². The number of furan rings is 1. The SMILES string of the molecule is CN=C(NCCc1nc(-c2ccco2)n[nH]1)NC1CCN(c2cccs2)CC1.I. The maximum Gasteiger partial charge on any atom is 0.216 e. The Labute approximate surface area is 191 Å². The molecule has 1 saturated heterocycles. The van der Waals surface area contributed by atoms with Gasteiger partial charge in [0.05, 0.1) is 11.3 Å². The molecule has 4 heterocycles. The molecule has 0 amide bonds. The number of aliphatic imine (C=N–C) groups is 1. The summed E-state index contributed by atoms with van der Waals surface area (Å²) in [5.74, 6) is 2.90. The van der Waals surface area contributed by atoms with E-state index in [-0.39, 0.29) is 24.0 Å². The van der Waals surface area contributed by atoms with Crippen LogP contribution in [0.25, 0.3) is 11.6 Å². The molecule has 0 atom stereocenters. The topological polar surface area (TPSA) is 94.4 Å². The molecule has 3 N–H and O–H groups in total. The van der Waals surface area contributed by atoms with Crippen molar-refractivity contribution < 1.29 is 4.42 Å². The monoisotopic (exact) mass is 527 g/mol. The van der Waals surface area contributed by atoms with Crippen LogP contribution >= 0.6 is 35.3 Å². The predicted molar refractivity (Wildman–Crippen MR) is 127 cm³/mol. The number of aromatic nitrogens is 3. The van der Waals surface area contributed by atoms with Crippen LogP contribution < -0.4 is 15.5 Å². The molecular weight excluding hydrogens is 501 g/mol. The van der Waals surface area contributed by atoms with Crippen LogP contribution in [0.5, 0.6) is 0 Å². The Morgan fingerprint density at radius 3 is 2.90 bits per heavy atom. The Morgan fingerprint density at radius 1 is 1.34 bits per heavy atom. The van der Waals surface area contributed by atoms with E-state index in [1.165, 1.54) is 5.00 Å². The summed E-state index contributed by atoms with van der Waals surface area (Å²) in [4.78, 5) is 11.3. The lowest BCUT2D eigenvalue weighted by Crippen LogP contribution is -2.49. The molecule has 1 aliphatic rings. The number of anilines is 1. The van der Waals surface area contributed by atoms with Crippen molar-refractivity contribution in [3.63, 3.8) is 0 Å². The highest BCUT2D eigenvalue weighted by Crippen LogP contribution is 2.24. The second kappa shape index (κ2) is 10.6. The molecule has 0 saturated carbocycles. The van der Waals surface area contributed by atoms with Gasteiger partial charge in [-0.15, -0.1) is 35.3 Å². The van der Waals surface area contributed by atoms with Gasteiger partial charge in [0.2, 0.25) is 5.82 Å². The van der Waals surface area contributed by atoms with E-state index < -0.39 is 0 Å². The summed E-state index contributed by atoms with van der Waals surface area (Å²) in [5, 5.41) is 17.6. The summed E-state index contributed by atoms with van der Waals surface area (Å²) in [6.07, 6.45) is 4.55. The highest BCUT2D eigenvalue weighted by atomic mass is 127. The van der Waals surface area contributed by atoms with Crippen LogP contribution in [-0.2, 0) is 6.42 Å². The van der Waals surface area contributed by atoms with Crippen molar-refractivity contribution in [3.8, 4) is 11.6 Å². The van der Waals surface area contributed by atoms with E-state index in [9.17, 15) is 0 Å². The number of nitrogens with one attached hydrogen (secondary N) is 3. The number of nitrogens with zero attached hydrogens (tertiary/aromatic N) is 4. The smallest absolute Gasteiger partial charge is 0.216 e. The van der Waals surface area contributed by atoms with Gasteiger partial charge in [0.25, 0.3) is 0 Å². The molecule has 1 fully saturated rings. The van der Waals surface area contributed by atoms with Crippen LogP contribution in [0.2, 0.25) is 0 Å². The van der Waals surface area contributed by atoms with Crippen molar-refractivity contribution in [2.45, 2.75) is 25.3 Å². The molecule has 29 heavy (non-hydrogen) atoms. The predicted octanol–water partition coefficient (Wildman–Crippen LogP) is 3.12. The van der Waals surface area contributed by atoms with Gasteiger partial charge >= 0.3 is 0 Å². The Bertz CT molecular complexity index is 870. The lowest BCUT2D eigenvalue weighted by Gasteiger charge is -2.33. The number of H-pyrrole nitrogens is 1. The molecule has 1 aliphatic heterocycles. The highest BCUT2D eigenvalue weighted by Gasteiger charge is 2.20. The van der Waals surface area contributed by atoms with Crippen LogP contribution in [0, 0.1) is 0 Å². The molecule has 0 aromatic carbocycles. The van der Waals surface area contributed by atoms with Crippen LogP contribution in [0.15, 0.2) is 45.3 Å². The lowest BCUT2D eigenvalue weighted by atomic mass is 10.1. The van der Waals surface area contributed by atoms with Gasteiger partial charge in [0, 0.05) is 39.1 Å². The van der Waals surface area contributed by atoms with E-state index in [1.54, 1.807) is 13.3 Å². The summed E-state index contributed by atoms with van der Waals surface area (Å²) in [6, 6.07) is 8.43. The zero-order valence-corrected chi connectivity index (χ0v) is 19.4. The minimum Gasteiger partial charge on any atom is -0.461 e. The molecule has 3 aromatic rings. The maximum absolute atomic E-state index is 5.32. The van der Waals surface area contributed by atoms with E-state index >= 15 is 0 Å². The Balaban J connectivity index is 0.00000240. The second-order valence-corrected chi connectivity index (χ2v) is 7.62. The summed E-state index contributed by atoms with van der Waals surface area (Å²) >= 11 is 1.81. The fourth-order valence-electron chi connectivity index (χ4n) is 3.30. The zero-order valence-electron chi connectivity index (χ0n) is 16.3. The Morgan fingerprint density at radius 2 is 2.21 bits per heavy atom. The van der Waals surface area contributed by atoms with Crippen molar-refractivity contribution >= 4 is 46.3 Å². The number of hydrogen-bond donors (Lipinski definition) is 3. The van der Waals surface area contributed by atoms with E-state index in [2.05, 4.69) is 53.2 Å². The van der Waals surface area contributed by atoms with Gasteiger partial charge in [-0.05, 0) is 42.5 Å². The second-order valence-electron chi connectivity index (χ2n) is 6.69. The molecular formula is C19H26IN7OS. The number of rotatable bonds is 6. The zero-order chi connectivity index (χ0) is 19.2. The quantitative estimate of drug-likeness (QED) is 0.259. The molecule has 0 radical (unpaired) electrons. The maximum atomic E-state index is 5.32. The molecule has 4 rings (SSSR count). The number of halogens is 1. The fourth-order valence-corrected chi connectivity index (χ4v) is 4.09. The van der Waals surface area contributed by atoms with Crippen LogP contribution in [-0.4, -0.2) is 53.9 Å². The first-order valence-electron chi connectivity index (χ1n) is 9.52. The Hall–Kier alpha value is -2.08. The van der Waals surface area contributed by atoms with Gasteiger partial charge in [0.15, 0.2) is 11.7 Å². The molecule has 0 spiro atoms. The highest BCUT2D eigenvalue weighted by molar-refractivity contribution is 14.0. The number of hydrogen-bond acceptors (Lipinski definition) is 6. The molecule has 156 valence electrons. The largest absolute Gasteiger partial charge is 0.461 e. The van der Waals surface area contributed by atoms with Crippen molar-refractivity contribution in [3.05, 3.63) is 41.7 Å². The van der Waals surface area contributed by atoms with Crippen molar-refractivity contribution in [1.82, 2.24) is 25.8 Å². The third-order valence-electron chi connectivity index (χ3n) is 4.80. The first-order chi connectivity index (χ1) is 13.8. The summed E-state index contributed by atoms with van der Waals surface area (Å²) < 4.78 is 5.32. The summed E-state index contributed by atoms with van der Waals surface area (Å²) in [6.45, 7) is 2.87. The number of piperidine rings is 1. The van der Waals surface area contributed by atoms with Crippen molar-refractivity contribution in [2.24, 2.45) is 4.99 Å². The normalized spacial score (nSPS) is 15.2. The fraction of sp³-hybridized carbons (Fsp3) is 0.421. The first-order valence-corrected chi connectivity index (χ1v) is 10.4. The minimum absolute atomic E-state index is 0. The van der Waals surface area contributed by atoms with E-state index in [0.717, 1.165) is 50.7 Å². The summed E-state index contributed by atoms with van der Waals surface area (Å²) in [5.41, 5.74) is 0. The van der Waals surface area contributed by atoms with Gasteiger partial charge < -0.3 is 20.0 Å². The molecule has 10 heteroatoms. The average molecular weight is 527 g/mol. The van der Waals surface area contributed by atoms with Gasteiger partial charge in [-0.3, -0.25) is 10.1 Å². The number of aromatic amines is 1. The molecule has 8 nitrogen and oxygen atoms in total. The van der Waals surface area contributed by atoms with Crippen LogP contribution in [0.1, 0.15) is 18.7 Å². The standard InChI is InChI=1S/C19H25N7OS.HI/c1-20-19(22-14-7-10-26(11-8-14)17-5-3-13-28-17)21-9-6-16-23-18(25-24-16)15-4-2-12-27-15;/h2-5,12-14H,6-11H2,1H3,(H2,20,21,22)(H,23,24,25);1H.